The Balaban J connectivity index is 0.00000220. The summed E-state index contributed by atoms with van der Waals surface area (Å²) >= 11 is 0. The molecule has 6 heteroatoms. The lowest BCUT2D eigenvalue weighted by atomic mass is 9.91. The smallest absolute Gasteiger partial charge is 0.328 e. The van der Waals surface area contributed by atoms with E-state index in [2.05, 4.69) is 13.8 Å². The third-order valence-corrected chi connectivity index (χ3v) is 5.13. The molecule has 4 atom stereocenters. The molecule has 0 spiro atoms. The molecule has 0 aromatic rings. The number of ether oxygens (including phenoxy) is 1. The number of nitrogens with zero attached hydrogens (tertiary/aromatic N) is 1. The SMILES string of the molecule is COC(=O)[C@@H]1[C@@H]2[C@H](CN1[13C](=O)[C@@H](N)C(C)(C)C)C2(C)C.Cl. The molecule has 0 aromatic carbocycles. The van der Waals surface area contributed by atoms with Gasteiger partial charge in [0.1, 0.15) is 6.04 Å². The van der Waals surface area contributed by atoms with Crippen LogP contribution in [0.3, 0.4) is 0 Å². The number of fused-ring (bicyclic) bond motifs is 1. The van der Waals surface area contributed by atoms with E-state index in [4.69, 9.17) is 10.5 Å². The van der Waals surface area contributed by atoms with Crippen LogP contribution in [0.5, 0.6) is 0 Å². The predicted molar refractivity (Wildman–Crippen MR) is 83.0 cm³/mol. The summed E-state index contributed by atoms with van der Waals surface area (Å²) < 4.78 is 4.90. The monoisotopic (exact) mass is 319 g/mol. The molecule has 0 radical (unpaired) electrons. The number of hydrogen-bond donors (Lipinski definition) is 1. The number of rotatable bonds is 2. The van der Waals surface area contributed by atoms with E-state index in [0.717, 1.165) is 0 Å². The minimum Gasteiger partial charge on any atom is -0.467 e. The summed E-state index contributed by atoms with van der Waals surface area (Å²) in [4.78, 5) is 26.3. The normalized spacial score (nSPS) is 31.0. The molecule has 0 unspecified atom stereocenters. The maximum Gasteiger partial charge on any atom is 0.328 e. The van der Waals surface area contributed by atoms with Gasteiger partial charge in [-0.1, -0.05) is 34.6 Å². The highest BCUT2D eigenvalue weighted by Gasteiger charge is 2.70. The van der Waals surface area contributed by atoms with Gasteiger partial charge in [-0.05, 0) is 16.7 Å². The molecular weight excluding hydrogens is 293 g/mol. The quantitative estimate of drug-likeness (QED) is 0.617. The predicted octanol–water partition coefficient (Wildman–Crippen LogP) is 1.44. The second-order valence-corrected chi connectivity index (χ2v) is 7.76. The lowest BCUT2D eigenvalue weighted by molar-refractivity contribution is -0.154. The van der Waals surface area contributed by atoms with Gasteiger partial charge in [-0.3, -0.25) is 4.79 Å². The first-order valence-corrected chi connectivity index (χ1v) is 7.17. The summed E-state index contributed by atoms with van der Waals surface area (Å²) in [5, 5.41) is 0. The van der Waals surface area contributed by atoms with Gasteiger partial charge >= 0.3 is 5.97 Å². The van der Waals surface area contributed by atoms with Crippen LogP contribution in [0.4, 0.5) is 0 Å². The third kappa shape index (κ3) is 2.78. The molecule has 1 saturated heterocycles. The van der Waals surface area contributed by atoms with E-state index in [1.54, 1.807) is 4.90 Å². The summed E-state index contributed by atoms with van der Waals surface area (Å²) in [6.07, 6.45) is 0. The van der Waals surface area contributed by atoms with Crippen LogP contribution in [0.2, 0.25) is 0 Å². The zero-order chi connectivity index (χ0) is 15.5. The Bertz CT molecular complexity index is 445. The summed E-state index contributed by atoms with van der Waals surface area (Å²) in [6, 6.07) is -1.07. The Kier molecular flexibility index (Phi) is 4.72. The van der Waals surface area contributed by atoms with Crippen molar-refractivity contribution in [3.63, 3.8) is 0 Å². The first-order valence-electron chi connectivity index (χ1n) is 7.17. The van der Waals surface area contributed by atoms with Crippen LogP contribution < -0.4 is 5.73 Å². The molecule has 2 N–H and O–H groups in total. The van der Waals surface area contributed by atoms with Crippen molar-refractivity contribution < 1.29 is 14.3 Å². The molecule has 1 aliphatic carbocycles. The number of halogens is 1. The van der Waals surface area contributed by atoms with E-state index >= 15 is 0 Å². The lowest BCUT2D eigenvalue weighted by Gasteiger charge is -2.35. The second kappa shape index (κ2) is 5.43. The Morgan fingerprint density at radius 3 is 2.29 bits per heavy atom. The first-order chi connectivity index (χ1) is 9.03. The fraction of sp³-hybridized carbons (Fsp3) is 0.867. The number of hydrogen-bond acceptors (Lipinski definition) is 4. The van der Waals surface area contributed by atoms with Crippen molar-refractivity contribution in [1.29, 1.82) is 0 Å². The van der Waals surface area contributed by atoms with Crippen molar-refractivity contribution >= 4 is 24.3 Å². The van der Waals surface area contributed by atoms with Crippen LogP contribution in [-0.4, -0.2) is 42.5 Å². The highest BCUT2D eigenvalue weighted by atomic mass is 35.5. The van der Waals surface area contributed by atoms with Gasteiger partial charge in [0.25, 0.3) is 0 Å². The highest BCUT2D eigenvalue weighted by Crippen LogP contribution is 2.65. The van der Waals surface area contributed by atoms with Crippen molar-refractivity contribution in [2.24, 2.45) is 28.4 Å². The van der Waals surface area contributed by atoms with Gasteiger partial charge in [0, 0.05) is 12.5 Å². The minimum atomic E-state index is -0.602. The maximum absolute atomic E-state index is 12.6. The molecule has 1 heterocycles. The van der Waals surface area contributed by atoms with E-state index in [-0.39, 0.29) is 41.0 Å². The lowest BCUT2D eigenvalue weighted by Crippen LogP contribution is -2.55. The Morgan fingerprint density at radius 1 is 1.33 bits per heavy atom. The zero-order valence-corrected chi connectivity index (χ0v) is 14.5. The molecule has 122 valence electrons. The number of carbonyl (C=O) groups excluding carboxylic acids is 2. The highest BCUT2D eigenvalue weighted by molar-refractivity contribution is 5.89. The molecule has 0 aromatic heterocycles. The summed E-state index contributed by atoms with van der Waals surface area (Å²) in [7, 11) is 1.37. The van der Waals surface area contributed by atoms with Gasteiger partial charge in [0.05, 0.1) is 13.2 Å². The molecule has 2 fully saturated rings. The van der Waals surface area contributed by atoms with E-state index in [1.165, 1.54) is 7.11 Å². The zero-order valence-electron chi connectivity index (χ0n) is 13.7. The molecule has 0 bridgehead atoms. The average molecular weight is 320 g/mol. The number of likely N-dealkylation sites (tertiary alicyclic amines) is 1. The molecule has 2 rings (SSSR count). The van der Waals surface area contributed by atoms with Crippen molar-refractivity contribution in [2.75, 3.05) is 13.7 Å². The molecule has 21 heavy (non-hydrogen) atoms. The van der Waals surface area contributed by atoms with Crippen LogP contribution in [0, 0.1) is 22.7 Å². The van der Waals surface area contributed by atoms with Crippen molar-refractivity contribution in [3.05, 3.63) is 0 Å². The van der Waals surface area contributed by atoms with Crippen LogP contribution in [-0.2, 0) is 14.3 Å². The molecule has 1 amide bonds. The van der Waals surface area contributed by atoms with Crippen molar-refractivity contribution in [3.8, 4) is 0 Å². The molecule has 2 aliphatic rings. The van der Waals surface area contributed by atoms with Gasteiger partial charge in [0.2, 0.25) is 5.91 Å². The number of amides is 1. The van der Waals surface area contributed by atoms with Crippen LogP contribution in [0.1, 0.15) is 34.6 Å². The molecule has 1 saturated carbocycles. The third-order valence-electron chi connectivity index (χ3n) is 5.13. The van der Waals surface area contributed by atoms with Gasteiger partial charge < -0.3 is 15.4 Å². The average Bonchev–Trinajstić information content (AvgIpc) is 2.75. The van der Waals surface area contributed by atoms with E-state index < -0.39 is 12.1 Å². The molecular formula is C15H27ClN2O3. The minimum absolute atomic E-state index is 0. The van der Waals surface area contributed by atoms with E-state index in [1.807, 2.05) is 20.8 Å². The number of carbonyl (C=O) groups is 2. The van der Waals surface area contributed by atoms with Crippen LogP contribution in [0.25, 0.3) is 0 Å². The summed E-state index contributed by atoms with van der Waals surface area (Å²) in [5.74, 6) is 0.113. The first kappa shape index (κ1) is 18.2. The second-order valence-electron chi connectivity index (χ2n) is 7.76. The largest absolute Gasteiger partial charge is 0.467 e. The number of piperidine rings is 1. The standard InChI is InChI=1S/C15H26N2O3.ClH/c1-14(2,3)11(16)12(18)17-7-8-9(15(8,4)5)10(17)13(19)20-6;/h8-11H,7,16H2,1-6H3;1H/t8-,9-,10-,11+;/m0./s1/i12+1;. The fourth-order valence-corrected chi connectivity index (χ4v) is 3.45. The van der Waals surface area contributed by atoms with Gasteiger partial charge in [0.15, 0.2) is 0 Å². The molecule has 1 aliphatic heterocycles. The van der Waals surface area contributed by atoms with E-state index in [9.17, 15) is 9.59 Å². The Hall–Kier alpha value is -0.810. The number of nitrogens with two attached hydrogens (primary N) is 1. The molecule has 5 nitrogen and oxygen atoms in total. The van der Waals surface area contributed by atoms with Gasteiger partial charge in [-0.15, -0.1) is 12.4 Å². The Labute approximate surface area is 133 Å². The van der Waals surface area contributed by atoms with Crippen molar-refractivity contribution in [2.45, 2.75) is 46.7 Å². The van der Waals surface area contributed by atoms with Crippen molar-refractivity contribution in [1.82, 2.24) is 4.90 Å². The number of esters is 1. The summed E-state index contributed by atoms with van der Waals surface area (Å²) in [5.41, 5.74) is 5.86. The van der Waals surface area contributed by atoms with E-state index in [0.29, 0.717) is 12.5 Å². The van der Waals surface area contributed by atoms with Crippen LogP contribution in [0.15, 0.2) is 0 Å². The maximum atomic E-state index is 12.6. The topological polar surface area (TPSA) is 72.6 Å². The van der Waals surface area contributed by atoms with Gasteiger partial charge in [-0.25, -0.2) is 4.79 Å². The number of methoxy groups -OCH3 is 1. The Morgan fingerprint density at radius 2 is 1.86 bits per heavy atom. The van der Waals surface area contributed by atoms with Crippen LogP contribution >= 0.6 is 12.4 Å². The fourth-order valence-electron chi connectivity index (χ4n) is 3.45. The van der Waals surface area contributed by atoms with Gasteiger partial charge in [-0.2, -0.15) is 0 Å². The summed E-state index contributed by atoms with van der Waals surface area (Å²) in [6.45, 7) is 10.7.